The van der Waals surface area contributed by atoms with Crippen molar-refractivity contribution >= 4 is 29.5 Å². The average molecular weight is 370 g/mol. The maximum absolute atomic E-state index is 12.2. The second-order valence-electron chi connectivity index (χ2n) is 5.30. The van der Waals surface area contributed by atoms with Crippen molar-refractivity contribution in [1.82, 2.24) is 5.32 Å². The van der Waals surface area contributed by atoms with E-state index in [2.05, 4.69) is 5.32 Å². The van der Waals surface area contributed by atoms with Gasteiger partial charge in [0.1, 0.15) is 17.4 Å². The molecule has 0 aromatic heterocycles. The number of amides is 2. The Morgan fingerprint density at radius 2 is 1.81 bits per heavy atom. The lowest BCUT2D eigenvalue weighted by Crippen LogP contribution is -2.23. The fourth-order valence-corrected chi connectivity index (χ4v) is 2.14. The van der Waals surface area contributed by atoms with E-state index >= 15 is 0 Å². The lowest BCUT2D eigenvalue weighted by molar-refractivity contribution is -0.120. The number of halogens is 1. The topological polar surface area (TPSA) is 105 Å². The van der Waals surface area contributed by atoms with Crippen molar-refractivity contribution < 1.29 is 14.3 Å². The molecule has 0 aliphatic heterocycles. The zero-order valence-electron chi connectivity index (χ0n) is 13.7. The molecule has 2 aromatic carbocycles. The summed E-state index contributed by atoms with van der Waals surface area (Å²) in [6.07, 6.45) is 1.47. The van der Waals surface area contributed by atoms with Crippen LogP contribution in [0.3, 0.4) is 0 Å². The van der Waals surface area contributed by atoms with Crippen LogP contribution in [0.2, 0.25) is 5.02 Å². The summed E-state index contributed by atoms with van der Waals surface area (Å²) in [5.74, 6) is -0.582. The molecule has 3 N–H and O–H groups in total. The van der Waals surface area contributed by atoms with E-state index in [4.69, 9.17) is 22.1 Å². The summed E-state index contributed by atoms with van der Waals surface area (Å²) in [5, 5.41) is 12.5. The number of benzene rings is 2. The van der Waals surface area contributed by atoms with Crippen LogP contribution in [-0.2, 0) is 16.1 Å². The van der Waals surface area contributed by atoms with Crippen LogP contribution in [0.15, 0.2) is 54.1 Å². The molecular formula is C19H16ClN3O3. The predicted octanol–water partition coefficient (Wildman–Crippen LogP) is 2.43. The molecule has 2 aromatic rings. The smallest absolute Gasteiger partial charge is 0.262 e. The summed E-state index contributed by atoms with van der Waals surface area (Å²) in [4.78, 5) is 22.8. The second-order valence-corrected chi connectivity index (χ2v) is 5.74. The number of nitriles is 1. The summed E-state index contributed by atoms with van der Waals surface area (Å²) in [7, 11) is 0. The molecule has 0 bridgehead atoms. The summed E-state index contributed by atoms with van der Waals surface area (Å²) in [6, 6.07) is 15.5. The van der Waals surface area contributed by atoms with Crippen LogP contribution in [0, 0.1) is 11.3 Å². The van der Waals surface area contributed by atoms with Crippen molar-refractivity contribution in [3.8, 4) is 11.8 Å². The quantitative estimate of drug-likeness (QED) is 0.577. The van der Waals surface area contributed by atoms with E-state index in [1.807, 2.05) is 6.07 Å². The molecule has 0 atom stereocenters. The van der Waals surface area contributed by atoms with Crippen molar-refractivity contribution in [1.29, 1.82) is 5.26 Å². The van der Waals surface area contributed by atoms with E-state index in [-0.39, 0.29) is 18.7 Å². The molecule has 0 aliphatic carbocycles. The zero-order valence-corrected chi connectivity index (χ0v) is 14.5. The first-order chi connectivity index (χ1) is 12.5. The third-order valence-electron chi connectivity index (χ3n) is 3.30. The van der Waals surface area contributed by atoms with Gasteiger partial charge in [-0.15, -0.1) is 0 Å². The fraction of sp³-hybridized carbons (Fsp3) is 0.105. The first-order valence-electron chi connectivity index (χ1n) is 7.63. The minimum atomic E-state index is -0.571. The number of hydrogen-bond donors (Lipinski definition) is 2. The van der Waals surface area contributed by atoms with E-state index in [0.29, 0.717) is 16.3 Å². The van der Waals surface area contributed by atoms with Crippen molar-refractivity contribution in [2.45, 2.75) is 6.54 Å². The Hall–Kier alpha value is -3.30. The van der Waals surface area contributed by atoms with Crippen LogP contribution in [0.25, 0.3) is 6.08 Å². The first kappa shape index (κ1) is 19.0. The molecule has 0 radical (unpaired) electrons. The number of nitrogens with two attached hydrogens (primary N) is 1. The highest BCUT2D eigenvalue weighted by Gasteiger charge is 2.09. The monoisotopic (exact) mass is 369 g/mol. The van der Waals surface area contributed by atoms with Crippen molar-refractivity contribution in [3.63, 3.8) is 0 Å². The van der Waals surface area contributed by atoms with Crippen LogP contribution in [0.1, 0.15) is 11.1 Å². The van der Waals surface area contributed by atoms with Crippen LogP contribution < -0.4 is 15.8 Å². The number of carbonyl (C=O) groups is 2. The Morgan fingerprint density at radius 1 is 1.15 bits per heavy atom. The molecule has 0 heterocycles. The van der Waals surface area contributed by atoms with Gasteiger partial charge in [0, 0.05) is 11.6 Å². The van der Waals surface area contributed by atoms with Gasteiger partial charge >= 0.3 is 0 Å². The van der Waals surface area contributed by atoms with Crippen molar-refractivity contribution in [2.75, 3.05) is 6.61 Å². The summed E-state index contributed by atoms with van der Waals surface area (Å²) in [5.41, 5.74) is 6.50. The average Bonchev–Trinajstić information content (AvgIpc) is 2.64. The molecule has 2 amide bonds. The molecule has 6 nitrogen and oxygen atoms in total. The molecule has 0 saturated heterocycles. The Bertz CT molecular complexity index is 853. The second kappa shape index (κ2) is 9.25. The van der Waals surface area contributed by atoms with E-state index in [9.17, 15) is 14.9 Å². The maximum Gasteiger partial charge on any atom is 0.262 e. The lowest BCUT2D eigenvalue weighted by atomic mass is 10.1. The number of rotatable bonds is 7. The van der Waals surface area contributed by atoms with Gasteiger partial charge in [-0.2, -0.15) is 5.26 Å². The van der Waals surface area contributed by atoms with Crippen LogP contribution in [0.4, 0.5) is 0 Å². The third-order valence-corrected chi connectivity index (χ3v) is 3.56. The van der Waals surface area contributed by atoms with Gasteiger partial charge < -0.3 is 15.8 Å². The van der Waals surface area contributed by atoms with E-state index < -0.39 is 11.8 Å². The minimum absolute atomic E-state index is 0.0234. The summed E-state index contributed by atoms with van der Waals surface area (Å²) < 4.78 is 5.15. The summed E-state index contributed by atoms with van der Waals surface area (Å²) in [6.45, 7) is 0.0701. The van der Waals surface area contributed by atoms with Crippen LogP contribution >= 0.6 is 11.6 Å². The van der Waals surface area contributed by atoms with Gasteiger partial charge in [-0.1, -0.05) is 35.9 Å². The predicted molar refractivity (Wildman–Crippen MR) is 98.0 cm³/mol. The van der Waals surface area contributed by atoms with Crippen LogP contribution in [-0.4, -0.2) is 18.4 Å². The highest BCUT2D eigenvalue weighted by molar-refractivity contribution is 6.30. The van der Waals surface area contributed by atoms with E-state index in [0.717, 1.165) is 5.56 Å². The Kier molecular flexibility index (Phi) is 6.77. The molecule has 7 heteroatoms. The molecule has 2 rings (SSSR count). The molecule has 26 heavy (non-hydrogen) atoms. The van der Waals surface area contributed by atoms with Gasteiger partial charge in [0.2, 0.25) is 0 Å². The number of carbonyl (C=O) groups excluding carboxylic acids is 2. The molecule has 0 saturated carbocycles. The maximum atomic E-state index is 12.2. The van der Waals surface area contributed by atoms with Crippen molar-refractivity contribution in [3.05, 3.63) is 70.3 Å². The lowest BCUT2D eigenvalue weighted by Gasteiger charge is -2.06. The highest BCUT2D eigenvalue weighted by Crippen LogP contribution is 2.15. The Labute approximate surface area is 155 Å². The van der Waals surface area contributed by atoms with Gasteiger partial charge in [0.25, 0.3) is 11.8 Å². The molecule has 0 spiro atoms. The Balaban J connectivity index is 1.99. The fourth-order valence-electron chi connectivity index (χ4n) is 2.01. The van der Waals surface area contributed by atoms with Gasteiger partial charge in [0.05, 0.1) is 0 Å². The van der Waals surface area contributed by atoms with Gasteiger partial charge in [0.15, 0.2) is 6.61 Å². The number of ether oxygens (including phenoxy) is 1. The standard InChI is InChI=1S/C19H16ClN3O3/c20-16-5-1-14(2-6-16)11-23-19(25)15(10-21)9-13-3-7-17(8-4-13)26-12-18(22)24/h1-9H,11-12H2,(H2,22,24)(H,23,25)/b15-9+. The molecule has 0 unspecified atom stereocenters. The van der Waals surface area contributed by atoms with E-state index in [1.165, 1.54) is 6.08 Å². The largest absolute Gasteiger partial charge is 0.484 e. The number of hydrogen-bond acceptors (Lipinski definition) is 4. The van der Waals surface area contributed by atoms with Gasteiger partial charge in [-0.25, -0.2) is 0 Å². The van der Waals surface area contributed by atoms with Gasteiger partial charge in [-0.05, 0) is 41.5 Å². The highest BCUT2D eigenvalue weighted by atomic mass is 35.5. The molecule has 0 aliphatic rings. The normalized spacial score (nSPS) is 10.7. The number of nitrogens with one attached hydrogen (secondary N) is 1. The SMILES string of the molecule is N#C/C(=C\c1ccc(OCC(N)=O)cc1)C(=O)NCc1ccc(Cl)cc1. The minimum Gasteiger partial charge on any atom is -0.484 e. The molecule has 0 fully saturated rings. The zero-order chi connectivity index (χ0) is 18.9. The summed E-state index contributed by atoms with van der Waals surface area (Å²) >= 11 is 5.81. The number of nitrogens with zero attached hydrogens (tertiary/aromatic N) is 1. The van der Waals surface area contributed by atoms with Gasteiger partial charge in [-0.3, -0.25) is 9.59 Å². The van der Waals surface area contributed by atoms with Crippen LogP contribution in [0.5, 0.6) is 5.75 Å². The first-order valence-corrected chi connectivity index (χ1v) is 8.01. The van der Waals surface area contributed by atoms with E-state index in [1.54, 1.807) is 48.5 Å². The van der Waals surface area contributed by atoms with Crippen molar-refractivity contribution in [2.24, 2.45) is 5.73 Å². The number of primary amides is 1. The third kappa shape index (κ3) is 5.96. The molecule has 132 valence electrons. The Morgan fingerprint density at radius 3 is 2.38 bits per heavy atom. The molecular weight excluding hydrogens is 354 g/mol.